The van der Waals surface area contributed by atoms with Crippen molar-refractivity contribution in [3.8, 4) is 0 Å². The van der Waals surface area contributed by atoms with Crippen LogP contribution in [0.5, 0.6) is 0 Å². The zero-order valence-electron chi connectivity index (χ0n) is 9.76. The Bertz CT molecular complexity index is 176. The molecule has 1 saturated carbocycles. The summed E-state index contributed by atoms with van der Waals surface area (Å²) < 4.78 is 5.27. The molecule has 0 N–H and O–H groups in total. The molecule has 1 rings (SSSR count). The van der Waals surface area contributed by atoms with Gasteiger partial charge in [-0.15, -0.1) is 8.58 Å². The van der Waals surface area contributed by atoms with E-state index in [1.54, 1.807) is 0 Å². The van der Waals surface area contributed by atoms with Crippen LogP contribution in [0.4, 0.5) is 0 Å². The van der Waals surface area contributed by atoms with Gasteiger partial charge in [-0.3, -0.25) is 4.79 Å². The van der Waals surface area contributed by atoms with Crippen LogP contribution < -0.4 is 0 Å². The molecule has 1 aliphatic rings. The third-order valence-electron chi connectivity index (χ3n) is 2.93. The van der Waals surface area contributed by atoms with E-state index in [1.165, 1.54) is 31.6 Å². The minimum absolute atomic E-state index is 0.0606. The minimum atomic E-state index is 0.0606. The lowest BCUT2D eigenvalue weighted by atomic mass is 10.1. The Hall–Kier alpha value is -0.100. The van der Waals surface area contributed by atoms with Crippen molar-refractivity contribution in [3.63, 3.8) is 0 Å². The fourth-order valence-corrected chi connectivity index (χ4v) is 2.83. The number of esters is 1. The molecule has 0 aromatic rings. The monoisotopic (exact) mass is 230 g/mol. The number of carbonyl (C=O) groups is 1. The first-order valence-corrected chi connectivity index (χ1v) is 7.63. The van der Waals surface area contributed by atoms with Crippen molar-refractivity contribution in [1.29, 1.82) is 0 Å². The van der Waals surface area contributed by atoms with Gasteiger partial charge in [-0.2, -0.15) is 0 Å². The van der Waals surface area contributed by atoms with E-state index >= 15 is 0 Å². The molecule has 0 bridgehead atoms. The summed E-state index contributed by atoms with van der Waals surface area (Å²) in [6, 6.07) is 0. The van der Waals surface area contributed by atoms with E-state index in [1.807, 2.05) is 0 Å². The fourth-order valence-electron chi connectivity index (χ4n) is 1.98. The van der Waals surface area contributed by atoms with Gasteiger partial charge < -0.3 is 4.74 Å². The Labute approximate surface area is 94.9 Å². The van der Waals surface area contributed by atoms with Crippen molar-refractivity contribution in [3.05, 3.63) is 0 Å². The predicted octanol–water partition coefficient (Wildman–Crippen LogP) is 3.20. The van der Waals surface area contributed by atoms with E-state index in [0.717, 1.165) is 27.8 Å². The first-order chi connectivity index (χ1) is 7.34. The largest absolute Gasteiger partial charge is 0.465 e. The Morgan fingerprint density at radius 3 is 2.73 bits per heavy atom. The van der Waals surface area contributed by atoms with Gasteiger partial charge in [0, 0.05) is 0 Å². The number of hydrogen-bond donors (Lipinski definition) is 0. The van der Waals surface area contributed by atoms with E-state index in [9.17, 15) is 4.79 Å². The van der Waals surface area contributed by atoms with E-state index in [2.05, 4.69) is 6.92 Å². The van der Waals surface area contributed by atoms with Gasteiger partial charge in [0.15, 0.2) is 0 Å². The molecular weight excluding hydrogens is 207 g/mol. The highest BCUT2D eigenvalue weighted by Crippen LogP contribution is 2.25. The minimum Gasteiger partial charge on any atom is -0.465 e. The third-order valence-corrected chi connectivity index (χ3v) is 4.14. The summed E-state index contributed by atoms with van der Waals surface area (Å²) in [5.41, 5.74) is 0. The molecule has 1 unspecified atom stereocenters. The molecule has 0 amide bonds. The van der Waals surface area contributed by atoms with Crippen molar-refractivity contribution < 1.29 is 9.53 Å². The molecule has 0 aromatic heterocycles. The normalized spacial score (nSPS) is 17.7. The number of hydrogen-bond acceptors (Lipinski definition) is 2. The number of ether oxygens (including phenoxy) is 1. The Balaban J connectivity index is 1.92. The van der Waals surface area contributed by atoms with Gasteiger partial charge in [0.1, 0.15) is 0 Å². The second-order valence-electron chi connectivity index (χ2n) is 4.21. The molecule has 0 aliphatic heterocycles. The van der Waals surface area contributed by atoms with Gasteiger partial charge in [-0.1, -0.05) is 19.8 Å². The molecule has 0 spiro atoms. The van der Waals surface area contributed by atoms with Crippen LogP contribution in [0.1, 0.15) is 45.4 Å². The average molecular weight is 230 g/mol. The predicted molar refractivity (Wildman–Crippen MR) is 65.9 cm³/mol. The third kappa shape index (κ3) is 5.51. The topological polar surface area (TPSA) is 26.3 Å². The Kier molecular flexibility index (Phi) is 7.00. The van der Waals surface area contributed by atoms with Gasteiger partial charge in [-0.25, -0.2) is 0 Å². The van der Waals surface area contributed by atoms with Crippen LogP contribution in [0.25, 0.3) is 0 Å². The highest BCUT2D eigenvalue weighted by molar-refractivity contribution is 7.37. The van der Waals surface area contributed by atoms with Crippen LogP contribution in [-0.2, 0) is 9.53 Å². The van der Waals surface area contributed by atoms with Crippen LogP contribution in [-0.4, -0.2) is 24.9 Å². The first-order valence-electron chi connectivity index (χ1n) is 6.22. The summed E-state index contributed by atoms with van der Waals surface area (Å²) in [4.78, 5) is 11.5. The second-order valence-corrected chi connectivity index (χ2v) is 5.92. The highest BCUT2D eigenvalue weighted by Gasteiger charge is 2.23. The summed E-state index contributed by atoms with van der Waals surface area (Å²) in [6.45, 7) is 2.86. The van der Waals surface area contributed by atoms with Crippen molar-refractivity contribution in [2.45, 2.75) is 45.4 Å². The average Bonchev–Trinajstić information content (AvgIpc) is 2.76. The molecule has 1 atom stereocenters. The van der Waals surface area contributed by atoms with Gasteiger partial charge in [0.25, 0.3) is 0 Å². The van der Waals surface area contributed by atoms with E-state index in [0.29, 0.717) is 6.61 Å². The molecule has 1 fully saturated rings. The van der Waals surface area contributed by atoms with Crippen molar-refractivity contribution in [2.75, 3.05) is 18.9 Å². The quantitative estimate of drug-likeness (QED) is 0.381. The Morgan fingerprint density at radius 2 is 2.07 bits per heavy atom. The number of rotatable bonds is 7. The lowest BCUT2D eigenvalue weighted by Gasteiger charge is -2.09. The van der Waals surface area contributed by atoms with Crippen LogP contribution in [0.3, 0.4) is 0 Å². The maximum Gasteiger partial charge on any atom is 0.308 e. The molecule has 88 valence electrons. The summed E-state index contributed by atoms with van der Waals surface area (Å²) >= 11 is 0. The first kappa shape index (κ1) is 13.0. The van der Waals surface area contributed by atoms with Gasteiger partial charge in [0.2, 0.25) is 0 Å². The molecule has 0 aromatic carbocycles. The SMILES string of the molecule is CCPCCCCOC(=O)C1CCCC1. The van der Waals surface area contributed by atoms with Gasteiger partial charge in [-0.05, 0) is 38.0 Å². The van der Waals surface area contributed by atoms with Crippen LogP contribution in [0.2, 0.25) is 0 Å². The lowest BCUT2D eigenvalue weighted by Crippen LogP contribution is -2.15. The molecule has 0 radical (unpaired) electrons. The number of unbranched alkanes of at least 4 members (excludes halogenated alkanes) is 1. The van der Waals surface area contributed by atoms with E-state index in [-0.39, 0.29) is 11.9 Å². The summed E-state index contributed by atoms with van der Waals surface area (Å²) in [5, 5.41) is 0. The summed E-state index contributed by atoms with van der Waals surface area (Å²) in [5.74, 6) is 0.285. The van der Waals surface area contributed by atoms with Crippen LogP contribution in [0, 0.1) is 5.92 Å². The Morgan fingerprint density at radius 1 is 1.33 bits per heavy atom. The van der Waals surface area contributed by atoms with Gasteiger partial charge >= 0.3 is 5.97 Å². The van der Waals surface area contributed by atoms with Crippen LogP contribution >= 0.6 is 8.58 Å². The van der Waals surface area contributed by atoms with E-state index in [4.69, 9.17) is 4.74 Å². The highest BCUT2D eigenvalue weighted by atomic mass is 31.1. The number of carbonyl (C=O) groups excluding carboxylic acids is 1. The molecule has 3 heteroatoms. The van der Waals surface area contributed by atoms with Crippen molar-refractivity contribution in [2.24, 2.45) is 5.92 Å². The maximum absolute atomic E-state index is 11.5. The fraction of sp³-hybridized carbons (Fsp3) is 0.917. The summed E-state index contributed by atoms with van der Waals surface area (Å²) in [6.07, 6.45) is 9.37. The molecule has 2 nitrogen and oxygen atoms in total. The molecular formula is C12H23O2P. The molecule has 15 heavy (non-hydrogen) atoms. The lowest BCUT2D eigenvalue weighted by molar-refractivity contribution is -0.148. The zero-order valence-corrected chi connectivity index (χ0v) is 10.8. The molecule has 0 heterocycles. The van der Waals surface area contributed by atoms with Crippen molar-refractivity contribution >= 4 is 14.6 Å². The van der Waals surface area contributed by atoms with Crippen LogP contribution in [0.15, 0.2) is 0 Å². The standard InChI is InChI=1S/C12H23O2P/c1-2-15-10-6-5-9-14-12(13)11-7-3-4-8-11/h11,15H,2-10H2,1H3. The second kappa shape index (κ2) is 8.10. The molecule has 1 aliphatic carbocycles. The summed E-state index contributed by atoms with van der Waals surface area (Å²) in [7, 11) is 1.09. The van der Waals surface area contributed by atoms with Gasteiger partial charge in [0.05, 0.1) is 12.5 Å². The van der Waals surface area contributed by atoms with E-state index < -0.39 is 0 Å². The zero-order chi connectivity index (χ0) is 10.9. The van der Waals surface area contributed by atoms with Crippen molar-refractivity contribution in [1.82, 2.24) is 0 Å². The molecule has 0 saturated heterocycles. The smallest absolute Gasteiger partial charge is 0.308 e. The maximum atomic E-state index is 11.5.